The zero-order valence-corrected chi connectivity index (χ0v) is 22.2. The zero-order chi connectivity index (χ0) is 27.2. The highest BCUT2D eigenvalue weighted by atomic mass is 79.9. The summed E-state index contributed by atoms with van der Waals surface area (Å²) in [7, 11) is 1.45. The molecule has 0 aromatic heterocycles. The average molecular weight is 583 g/mol. The Morgan fingerprint density at radius 3 is 2.37 bits per heavy atom. The Hall–Kier alpha value is -4.18. The molecule has 1 saturated heterocycles. The summed E-state index contributed by atoms with van der Waals surface area (Å²) >= 11 is 3.45. The minimum Gasteiger partial charge on any atom is -0.494 e. The van der Waals surface area contributed by atoms with E-state index in [1.165, 1.54) is 25.3 Å². The van der Waals surface area contributed by atoms with Crippen molar-refractivity contribution in [2.45, 2.75) is 20.0 Å². The van der Waals surface area contributed by atoms with Gasteiger partial charge in [-0.1, -0.05) is 19.1 Å². The first kappa shape index (κ1) is 26.9. The van der Waals surface area contributed by atoms with Crippen LogP contribution in [-0.2, 0) is 16.2 Å². The first-order valence-electron chi connectivity index (χ1n) is 11.7. The van der Waals surface area contributed by atoms with Crippen molar-refractivity contribution in [3.05, 3.63) is 87.7 Å². The standard InChI is InChI=1S/C28H24BrFN2O6/c1-3-12-37-21-10-8-20(9-11-21)32-27(34)22(26(33)31-28(32)35)13-18-14-23(29)25(24(15-18)36-2)38-16-17-4-6-19(30)7-5-17/h4-11,13-15H,3,12,16H2,1-2H3,(H,31,33,35)/b22-13-. The first-order chi connectivity index (χ1) is 18.3. The SMILES string of the molecule is CCCOc1ccc(N2C(=O)NC(=O)/C(=C/c3cc(Br)c(OCc4ccc(F)cc4)c(OC)c3)C2=O)cc1. The maximum absolute atomic E-state index is 13.2. The molecule has 8 nitrogen and oxygen atoms in total. The van der Waals surface area contributed by atoms with Crippen LogP contribution in [0.2, 0.25) is 0 Å². The summed E-state index contributed by atoms with van der Waals surface area (Å²) in [5, 5.41) is 2.21. The van der Waals surface area contributed by atoms with Crippen LogP contribution in [0.1, 0.15) is 24.5 Å². The molecule has 196 valence electrons. The lowest BCUT2D eigenvalue weighted by Crippen LogP contribution is -2.54. The van der Waals surface area contributed by atoms with E-state index >= 15 is 0 Å². The number of nitrogens with one attached hydrogen (secondary N) is 1. The van der Waals surface area contributed by atoms with Gasteiger partial charge in [-0.25, -0.2) is 14.1 Å². The molecule has 3 aromatic carbocycles. The van der Waals surface area contributed by atoms with Crippen LogP contribution in [0.15, 0.2) is 70.7 Å². The fourth-order valence-corrected chi connectivity index (χ4v) is 4.24. The number of hydrogen-bond acceptors (Lipinski definition) is 6. The number of halogens is 2. The van der Waals surface area contributed by atoms with Crippen LogP contribution in [0.4, 0.5) is 14.9 Å². The highest BCUT2D eigenvalue weighted by Gasteiger charge is 2.37. The summed E-state index contributed by atoms with van der Waals surface area (Å²) in [6, 6.07) is 14.8. The number of imide groups is 2. The van der Waals surface area contributed by atoms with Crippen molar-refractivity contribution in [1.29, 1.82) is 0 Å². The Kier molecular flexibility index (Phi) is 8.42. The van der Waals surface area contributed by atoms with Gasteiger partial charge in [0.25, 0.3) is 11.8 Å². The van der Waals surface area contributed by atoms with E-state index in [1.54, 1.807) is 48.5 Å². The molecule has 0 spiro atoms. The maximum Gasteiger partial charge on any atom is 0.335 e. The van der Waals surface area contributed by atoms with E-state index in [1.807, 2.05) is 6.92 Å². The van der Waals surface area contributed by atoms with Crippen molar-refractivity contribution in [1.82, 2.24) is 5.32 Å². The molecule has 1 aliphatic rings. The molecule has 4 amide bonds. The van der Waals surface area contributed by atoms with Crippen molar-refractivity contribution < 1.29 is 33.0 Å². The molecule has 10 heteroatoms. The van der Waals surface area contributed by atoms with E-state index in [2.05, 4.69) is 21.2 Å². The molecule has 1 fully saturated rings. The molecule has 3 aromatic rings. The summed E-state index contributed by atoms with van der Waals surface area (Å²) < 4.78 is 30.6. The molecular weight excluding hydrogens is 559 g/mol. The molecule has 4 rings (SSSR count). The van der Waals surface area contributed by atoms with E-state index in [-0.39, 0.29) is 23.7 Å². The second-order valence-corrected chi connectivity index (χ2v) is 9.10. The van der Waals surface area contributed by atoms with Gasteiger partial charge in [0.15, 0.2) is 11.5 Å². The van der Waals surface area contributed by atoms with E-state index in [4.69, 9.17) is 14.2 Å². The van der Waals surface area contributed by atoms with E-state index in [0.29, 0.717) is 33.9 Å². The third kappa shape index (κ3) is 6.03. The molecule has 0 aliphatic carbocycles. The Labute approximate surface area is 227 Å². The number of anilines is 1. The van der Waals surface area contributed by atoms with Crippen molar-refractivity contribution in [2.75, 3.05) is 18.6 Å². The Balaban J connectivity index is 1.59. The zero-order valence-electron chi connectivity index (χ0n) is 20.6. The van der Waals surface area contributed by atoms with Crippen LogP contribution < -0.4 is 24.4 Å². The van der Waals surface area contributed by atoms with Gasteiger partial charge in [-0.2, -0.15) is 0 Å². The highest BCUT2D eigenvalue weighted by Crippen LogP contribution is 2.38. The molecule has 0 bridgehead atoms. The molecule has 1 heterocycles. The van der Waals surface area contributed by atoms with Crippen LogP contribution in [-0.4, -0.2) is 31.6 Å². The van der Waals surface area contributed by atoms with Crippen molar-refractivity contribution in [3.8, 4) is 17.2 Å². The maximum atomic E-state index is 13.2. The number of ether oxygens (including phenoxy) is 3. The third-order valence-electron chi connectivity index (χ3n) is 5.53. The summed E-state index contributed by atoms with van der Waals surface area (Å²) in [6.45, 7) is 2.69. The summed E-state index contributed by atoms with van der Waals surface area (Å²) in [4.78, 5) is 39.3. The molecule has 0 radical (unpaired) electrons. The smallest absolute Gasteiger partial charge is 0.335 e. The minimum absolute atomic E-state index is 0.163. The molecule has 0 saturated carbocycles. The number of benzene rings is 3. The average Bonchev–Trinajstić information content (AvgIpc) is 2.90. The van der Waals surface area contributed by atoms with E-state index < -0.39 is 17.8 Å². The predicted octanol–water partition coefficient (Wildman–Crippen LogP) is 5.63. The molecule has 38 heavy (non-hydrogen) atoms. The molecular formula is C28H24BrFN2O6. The largest absolute Gasteiger partial charge is 0.494 e. The normalized spacial score (nSPS) is 14.5. The van der Waals surface area contributed by atoms with E-state index in [9.17, 15) is 18.8 Å². The lowest BCUT2D eigenvalue weighted by molar-refractivity contribution is -0.122. The summed E-state index contributed by atoms with van der Waals surface area (Å²) in [6.07, 6.45) is 2.21. The van der Waals surface area contributed by atoms with Crippen molar-refractivity contribution in [3.63, 3.8) is 0 Å². The number of carbonyl (C=O) groups excluding carboxylic acids is 3. The van der Waals surface area contributed by atoms with Crippen LogP contribution in [0, 0.1) is 5.82 Å². The van der Waals surface area contributed by atoms with Crippen LogP contribution >= 0.6 is 15.9 Å². The van der Waals surface area contributed by atoms with E-state index in [0.717, 1.165) is 16.9 Å². The number of carbonyl (C=O) groups is 3. The fourth-order valence-electron chi connectivity index (χ4n) is 3.67. The number of urea groups is 1. The predicted molar refractivity (Wildman–Crippen MR) is 143 cm³/mol. The number of nitrogens with zero attached hydrogens (tertiary/aromatic N) is 1. The lowest BCUT2D eigenvalue weighted by atomic mass is 10.1. The van der Waals surface area contributed by atoms with Gasteiger partial charge in [-0.3, -0.25) is 14.9 Å². The van der Waals surface area contributed by atoms with Crippen molar-refractivity contribution in [2.24, 2.45) is 0 Å². The Bertz CT molecular complexity index is 1390. The second kappa shape index (κ2) is 11.9. The summed E-state index contributed by atoms with van der Waals surface area (Å²) in [5.41, 5.74) is 1.27. The fraction of sp³-hybridized carbons (Fsp3) is 0.179. The second-order valence-electron chi connectivity index (χ2n) is 8.25. The van der Waals surface area contributed by atoms with Gasteiger partial charge in [0.2, 0.25) is 0 Å². The third-order valence-corrected chi connectivity index (χ3v) is 6.12. The van der Waals surface area contributed by atoms with Crippen LogP contribution in [0.5, 0.6) is 17.2 Å². The molecule has 1 N–H and O–H groups in total. The van der Waals surface area contributed by atoms with Gasteiger partial charge in [-0.05, 0) is 88.1 Å². The van der Waals surface area contributed by atoms with Crippen LogP contribution in [0.3, 0.4) is 0 Å². The first-order valence-corrected chi connectivity index (χ1v) is 12.5. The van der Waals surface area contributed by atoms with Gasteiger partial charge in [0, 0.05) is 0 Å². The molecule has 0 atom stereocenters. The number of hydrogen-bond donors (Lipinski definition) is 1. The summed E-state index contributed by atoms with van der Waals surface area (Å²) in [5.74, 6) is -0.595. The number of rotatable bonds is 9. The quantitative estimate of drug-likeness (QED) is 0.259. The van der Waals surface area contributed by atoms with Gasteiger partial charge in [0.05, 0.1) is 23.9 Å². The topological polar surface area (TPSA) is 94.2 Å². The van der Waals surface area contributed by atoms with Crippen molar-refractivity contribution >= 4 is 45.5 Å². The van der Waals surface area contributed by atoms with Crippen LogP contribution in [0.25, 0.3) is 6.08 Å². The number of methoxy groups -OCH3 is 1. The Morgan fingerprint density at radius 2 is 1.71 bits per heavy atom. The lowest BCUT2D eigenvalue weighted by Gasteiger charge is -2.26. The number of amides is 4. The van der Waals surface area contributed by atoms with Gasteiger partial charge in [-0.15, -0.1) is 0 Å². The highest BCUT2D eigenvalue weighted by molar-refractivity contribution is 9.10. The Morgan fingerprint density at radius 1 is 1.00 bits per heavy atom. The number of barbiturate groups is 1. The molecule has 1 aliphatic heterocycles. The van der Waals surface area contributed by atoms with Gasteiger partial charge in [0.1, 0.15) is 23.7 Å². The monoisotopic (exact) mass is 582 g/mol. The van der Waals surface area contributed by atoms with Gasteiger partial charge >= 0.3 is 6.03 Å². The molecule has 0 unspecified atom stereocenters. The van der Waals surface area contributed by atoms with Gasteiger partial charge < -0.3 is 14.2 Å². The minimum atomic E-state index is -0.845.